The number of nitro benzene ring substituents is 1. The van der Waals surface area contributed by atoms with Gasteiger partial charge in [0.2, 0.25) is 0 Å². The van der Waals surface area contributed by atoms with Crippen LogP contribution in [0.2, 0.25) is 0 Å². The number of furan rings is 1. The molecule has 0 saturated carbocycles. The van der Waals surface area contributed by atoms with E-state index in [1.54, 1.807) is 6.07 Å². The van der Waals surface area contributed by atoms with Crippen LogP contribution in [0.3, 0.4) is 0 Å². The zero-order chi connectivity index (χ0) is 21.9. The van der Waals surface area contributed by atoms with Crippen molar-refractivity contribution in [1.29, 1.82) is 0 Å². The van der Waals surface area contributed by atoms with Gasteiger partial charge in [0.1, 0.15) is 11.5 Å². The van der Waals surface area contributed by atoms with E-state index in [1.807, 2.05) is 0 Å². The summed E-state index contributed by atoms with van der Waals surface area (Å²) in [6, 6.07) is 15.1. The Hall–Kier alpha value is -4.01. The molecule has 1 heterocycles. The molecule has 0 fully saturated rings. The van der Waals surface area contributed by atoms with Crippen LogP contribution in [0.25, 0.3) is 17.4 Å². The maximum atomic E-state index is 13.0. The van der Waals surface area contributed by atoms with Crippen LogP contribution in [-0.4, -0.2) is 22.7 Å². The van der Waals surface area contributed by atoms with Gasteiger partial charge in [0.05, 0.1) is 10.5 Å². The SMILES string of the molecule is O=C(C(=Cc1ccc(-c2cccc([N+](=O)[O-])c2)o1)C(=O)C(F)(F)F)c1ccccc1. The number of alkyl halides is 3. The fraction of sp³-hybridized carbons (Fsp3) is 0.0476. The lowest BCUT2D eigenvalue weighted by molar-refractivity contribution is -0.384. The molecule has 0 unspecified atom stereocenters. The molecule has 6 nitrogen and oxygen atoms in total. The highest BCUT2D eigenvalue weighted by Gasteiger charge is 2.43. The second-order valence-corrected chi connectivity index (χ2v) is 6.09. The third-order valence-corrected chi connectivity index (χ3v) is 4.04. The standard InChI is InChI=1S/C21H12F3NO5/c22-21(23,24)20(27)17(19(26)13-5-2-1-3-6-13)12-16-9-10-18(30-16)14-7-4-8-15(11-14)25(28)29/h1-12H. The zero-order valence-corrected chi connectivity index (χ0v) is 15.1. The first-order valence-corrected chi connectivity index (χ1v) is 8.44. The summed E-state index contributed by atoms with van der Waals surface area (Å²) in [6.07, 6.45) is -4.54. The Balaban J connectivity index is 2.02. The van der Waals surface area contributed by atoms with Gasteiger partial charge in [0.25, 0.3) is 11.5 Å². The number of halogens is 3. The Kier molecular flexibility index (Phi) is 5.63. The van der Waals surface area contributed by atoms with E-state index in [2.05, 4.69) is 0 Å². The molecule has 3 rings (SSSR count). The van der Waals surface area contributed by atoms with Gasteiger partial charge >= 0.3 is 6.18 Å². The van der Waals surface area contributed by atoms with Crippen molar-refractivity contribution in [2.24, 2.45) is 0 Å². The van der Waals surface area contributed by atoms with Crippen LogP contribution in [0.1, 0.15) is 16.1 Å². The molecule has 152 valence electrons. The molecule has 1 aromatic heterocycles. The largest absolute Gasteiger partial charge is 0.457 e. The first kappa shape index (κ1) is 20.7. The molecule has 3 aromatic rings. The summed E-state index contributed by atoms with van der Waals surface area (Å²) in [4.78, 5) is 34.7. The third-order valence-electron chi connectivity index (χ3n) is 4.04. The van der Waals surface area contributed by atoms with Crippen LogP contribution in [0.15, 0.2) is 76.7 Å². The quantitative estimate of drug-likeness (QED) is 0.137. The highest BCUT2D eigenvalue weighted by molar-refractivity contribution is 6.30. The van der Waals surface area contributed by atoms with Gasteiger partial charge in [-0.15, -0.1) is 0 Å². The molecule has 0 radical (unpaired) electrons. The van der Waals surface area contributed by atoms with Gasteiger partial charge in [0.15, 0.2) is 5.78 Å². The van der Waals surface area contributed by atoms with Crippen LogP contribution in [0, 0.1) is 10.1 Å². The number of nitrogens with zero attached hydrogens (tertiary/aromatic N) is 1. The number of rotatable bonds is 6. The first-order valence-electron chi connectivity index (χ1n) is 8.44. The fourth-order valence-electron chi connectivity index (χ4n) is 2.63. The fourth-order valence-corrected chi connectivity index (χ4v) is 2.63. The number of carbonyl (C=O) groups is 2. The molecule has 30 heavy (non-hydrogen) atoms. The molecule has 0 saturated heterocycles. The van der Waals surface area contributed by atoms with Crippen molar-refractivity contribution < 1.29 is 32.1 Å². The van der Waals surface area contributed by atoms with E-state index in [-0.39, 0.29) is 22.8 Å². The lowest BCUT2D eigenvalue weighted by atomic mass is 9.99. The number of nitro groups is 1. The minimum Gasteiger partial charge on any atom is -0.457 e. The van der Waals surface area contributed by atoms with Crippen LogP contribution < -0.4 is 0 Å². The zero-order valence-electron chi connectivity index (χ0n) is 15.1. The number of hydrogen-bond acceptors (Lipinski definition) is 5. The summed E-state index contributed by atoms with van der Waals surface area (Å²) < 4.78 is 44.5. The van der Waals surface area contributed by atoms with Gasteiger partial charge in [-0.25, -0.2) is 0 Å². The number of hydrogen-bond donors (Lipinski definition) is 0. The van der Waals surface area contributed by atoms with Gasteiger partial charge in [-0.1, -0.05) is 42.5 Å². The van der Waals surface area contributed by atoms with E-state index < -0.39 is 28.2 Å². The Bertz CT molecular complexity index is 1150. The molecule has 0 N–H and O–H groups in total. The van der Waals surface area contributed by atoms with Crippen molar-refractivity contribution in [3.8, 4) is 11.3 Å². The number of allylic oxidation sites excluding steroid dienone is 1. The summed E-state index contributed by atoms with van der Waals surface area (Å²) in [6.45, 7) is 0. The van der Waals surface area contributed by atoms with Crippen molar-refractivity contribution in [3.05, 3.63) is 93.7 Å². The van der Waals surface area contributed by atoms with E-state index in [0.29, 0.717) is 11.6 Å². The molecule has 0 atom stereocenters. The van der Waals surface area contributed by atoms with Crippen molar-refractivity contribution >= 4 is 23.3 Å². The predicted molar refractivity (Wildman–Crippen MR) is 101 cm³/mol. The lowest BCUT2D eigenvalue weighted by Gasteiger charge is -2.08. The summed E-state index contributed by atoms with van der Waals surface area (Å²) in [5.74, 6) is -3.47. The van der Waals surface area contributed by atoms with Gasteiger partial charge < -0.3 is 4.42 Å². The summed E-state index contributed by atoms with van der Waals surface area (Å²) in [5.41, 5.74) is -1.09. The average molecular weight is 415 g/mol. The van der Waals surface area contributed by atoms with Crippen molar-refractivity contribution in [3.63, 3.8) is 0 Å². The van der Waals surface area contributed by atoms with Gasteiger partial charge in [-0.3, -0.25) is 19.7 Å². The van der Waals surface area contributed by atoms with Crippen LogP contribution in [0.4, 0.5) is 18.9 Å². The molecule has 0 spiro atoms. The molecule has 0 bridgehead atoms. The topological polar surface area (TPSA) is 90.4 Å². The maximum absolute atomic E-state index is 13.0. The van der Waals surface area contributed by atoms with Crippen LogP contribution >= 0.6 is 0 Å². The van der Waals surface area contributed by atoms with E-state index in [0.717, 1.165) is 0 Å². The highest BCUT2D eigenvalue weighted by atomic mass is 19.4. The predicted octanol–water partition coefficient (Wildman–Crippen LogP) is 5.25. The molecule has 0 aliphatic heterocycles. The summed E-state index contributed by atoms with van der Waals surface area (Å²) in [7, 11) is 0. The number of ketones is 2. The number of carbonyl (C=O) groups excluding carboxylic acids is 2. The minimum absolute atomic E-state index is 0.0909. The molecule has 0 amide bonds. The second-order valence-electron chi connectivity index (χ2n) is 6.09. The highest BCUT2D eigenvalue weighted by Crippen LogP contribution is 2.29. The molecule has 2 aromatic carbocycles. The Morgan fingerprint density at radius 2 is 1.67 bits per heavy atom. The number of Topliss-reactive ketones (excluding diaryl/α,β-unsaturated/α-hetero) is 2. The summed E-state index contributed by atoms with van der Waals surface area (Å²) >= 11 is 0. The van der Waals surface area contributed by atoms with Gasteiger partial charge in [-0.05, 0) is 18.2 Å². The van der Waals surface area contributed by atoms with Gasteiger partial charge in [0, 0.05) is 23.3 Å². The molecular formula is C21H12F3NO5. The molecule has 0 aliphatic rings. The third kappa shape index (κ3) is 4.52. The normalized spacial score (nSPS) is 11.9. The Morgan fingerprint density at radius 3 is 2.30 bits per heavy atom. The van der Waals surface area contributed by atoms with Crippen molar-refractivity contribution in [2.75, 3.05) is 0 Å². The minimum atomic E-state index is -5.26. The number of non-ortho nitro benzene ring substituents is 1. The van der Waals surface area contributed by atoms with E-state index in [9.17, 15) is 32.9 Å². The second kappa shape index (κ2) is 8.16. The summed E-state index contributed by atoms with van der Waals surface area (Å²) in [5, 5.41) is 10.9. The molecular weight excluding hydrogens is 403 g/mol. The average Bonchev–Trinajstić information content (AvgIpc) is 3.20. The monoisotopic (exact) mass is 415 g/mol. The smallest absolute Gasteiger partial charge is 0.455 e. The molecule has 0 aliphatic carbocycles. The van der Waals surface area contributed by atoms with E-state index in [1.165, 1.54) is 60.7 Å². The van der Waals surface area contributed by atoms with E-state index in [4.69, 9.17) is 4.42 Å². The lowest BCUT2D eigenvalue weighted by Crippen LogP contribution is -2.28. The van der Waals surface area contributed by atoms with Crippen molar-refractivity contribution in [2.45, 2.75) is 6.18 Å². The first-order chi connectivity index (χ1) is 14.2. The van der Waals surface area contributed by atoms with Crippen molar-refractivity contribution in [1.82, 2.24) is 0 Å². The molecule has 9 heteroatoms. The van der Waals surface area contributed by atoms with Crippen LogP contribution in [-0.2, 0) is 4.79 Å². The van der Waals surface area contributed by atoms with E-state index >= 15 is 0 Å². The van der Waals surface area contributed by atoms with Gasteiger partial charge in [-0.2, -0.15) is 13.2 Å². The Labute approximate surface area is 167 Å². The maximum Gasteiger partial charge on any atom is 0.455 e. The Morgan fingerprint density at radius 1 is 0.967 bits per heavy atom. The number of benzene rings is 2. The van der Waals surface area contributed by atoms with Crippen LogP contribution in [0.5, 0.6) is 0 Å².